The zero-order chi connectivity index (χ0) is 15.3. The van der Waals surface area contributed by atoms with Gasteiger partial charge in [0.15, 0.2) is 0 Å². The van der Waals surface area contributed by atoms with Gasteiger partial charge in [0.25, 0.3) is 0 Å². The standard InChI is InChI=1S/C15H26O4S/c1-5-12-11(4)20(18)13(6-2)10(3)15(12)19-14(17)8-7-9-16/h9-13,15H,5-8H2,1-4H3. The topological polar surface area (TPSA) is 60.4 Å². The maximum atomic E-state index is 12.5. The Balaban J connectivity index is 2.85. The van der Waals surface area contributed by atoms with E-state index in [1.54, 1.807) is 0 Å². The van der Waals surface area contributed by atoms with Gasteiger partial charge in [-0.3, -0.25) is 9.00 Å². The molecular weight excluding hydrogens is 276 g/mol. The smallest absolute Gasteiger partial charge is 0.306 e. The summed E-state index contributed by atoms with van der Waals surface area (Å²) in [7, 11) is -0.871. The molecule has 0 N–H and O–H groups in total. The van der Waals surface area contributed by atoms with Crippen molar-refractivity contribution in [2.45, 2.75) is 70.0 Å². The minimum atomic E-state index is -0.871. The normalized spacial score (nSPS) is 37.4. The largest absolute Gasteiger partial charge is 0.462 e. The van der Waals surface area contributed by atoms with Crippen LogP contribution in [-0.4, -0.2) is 33.1 Å². The zero-order valence-electron chi connectivity index (χ0n) is 12.8. The molecule has 1 fully saturated rings. The lowest BCUT2D eigenvalue weighted by Crippen LogP contribution is -2.51. The van der Waals surface area contributed by atoms with E-state index >= 15 is 0 Å². The van der Waals surface area contributed by atoms with Crippen LogP contribution in [0, 0.1) is 11.8 Å². The Kier molecular flexibility index (Phi) is 6.86. The number of carbonyl (C=O) groups is 2. The first kappa shape index (κ1) is 17.3. The molecule has 0 aromatic rings. The van der Waals surface area contributed by atoms with Gasteiger partial charge in [-0.1, -0.05) is 27.7 Å². The molecule has 0 spiro atoms. The van der Waals surface area contributed by atoms with Gasteiger partial charge in [0.1, 0.15) is 12.4 Å². The van der Waals surface area contributed by atoms with E-state index in [-0.39, 0.29) is 47.3 Å². The first-order valence-electron chi connectivity index (χ1n) is 7.50. The van der Waals surface area contributed by atoms with Crippen LogP contribution in [0.4, 0.5) is 0 Å². The van der Waals surface area contributed by atoms with Crippen molar-refractivity contribution >= 4 is 23.1 Å². The summed E-state index contributed by atoms with van der Waals surface area (Å²) < 4.78 is 18.1. The quantitative estimate of drug-likeness (QED) is 0.558. The summed E-state index contributed by atoms with van der Waals surface area (Å²) in [6, 6.07) is 0. The highest BCUT2D eigenvalue weighted by atomic mass is 32.2. The van der Waals surface area contributed by atoms with Crippen molar-refractivity contribution in [3.8, 4) is 0 Å². The van der Waals surface area contributed by atoms with E-state index in [2.05, 4.69) is 0 Å². The molecule has 0 aromatic heterocycles. The highest BCUT2D eigenvalue weighted by Gasteiger charge is 2.45. The minimum absolute atomic E-state index is 0.0463. The van der Waals surface area contributed by atoms with Crippen molar-refractivity contribution in [3.05, 3.63) is 0 Å². The van der Waals surface area contributed by atoms with Crippen molar-refractivity contribution in [1.29, 1.82) is 0 Å². The highest BCUT2D eigenvalue weighted by molar-refractivity contribution is 7.86. The molecule has 20 heavy (non-hydrogen) atoms. The Hall–Kier alpha value is -0.710. The molecule has 1 saturated heterocycles. The van der Waals surface area contributed by atoms with Gasteiger partial charge in [-0.05, 0) is 12.8 Å². The average Bonchev–Trinajstić information content (AvgIpc) is 2.43. The van der Waals surface area contributed by atoms with E-state index in [0.717, 1.165) is 19.1 Å². The van der Waals surface area contributed by atoms with Crippen molar-refractivity contribution in [2.24, 2.45) is 11.8 Å². The molecule has 0 aliphatic carbocycles. The molecule has 1 aliphatic heterocycles. The van der Waals surface area contributed by atoms with Gasteiger partial charge < -0.3 is 9.53 Å². The van der Waals surface area contributed by atoms with Crippen LogP contribution in [0.5, 0.6) is 0 Å². The maximum Gasteiger partial charge on any atom is 0.306 e. The predicted molar refractivity (Wildman–Crippen MR) is 79.8 cm³/mol. The molecule has 1 rings (SSSR count). The fourth-order valence-corrected chi connectivity index (χ4v) is 5.36. The van der Waals surface area contributed by atoms with Gasteiger partial charge in [0.2, 0.25) is 0 Å². The van der Waals surface area contributed by atoms with Gasteiger partial charge in [0, 0.05) is 39.6 Å². The van der Waals surface area contributed by atoms with E-state index in [4.69, 9.17) is 4.74 Å². The number of hydrogen-bond acceptors (Lipinski definition) is 4. The number of carbonyl (C=O) groups excluding carboxylic acids is 2. The second kappa shape index (κ2) is 7.91. The van der Waals surface area contributed by atoms with Crippen molar-refractivity contribution in [3.63, 3.8) is 0 Å². The molecule has 4 nitrogen and oxygen atoms in total. The molecule has 0 aromatic carbocycles. The molecular formula is C15H26O4S. The number of ether oxygens (including phenoxy) is 1. The minimum Gasteiger partial charge on any atom is -0.462 e. The number of hydrogen-bond donors (Lipinski definition) is 0. The van der Waals surface area contributed by atoms with Crippen LogP contribution >= 0.6 is 0 Å². The molecule has 0 saturated carbocycles. The van der Waals surface area contributed by atoms with E-state index in [0.29, 0.717) is 0 Å². The highest BCUT2D eigenvalue weighted by Crippen LogP contribution is 2.37. The van der Waals surface area contributed by atoms with Gasteiger partial charge in [0.05, 0.1) is 6.42 Å². The number of rotatable bonds is 6. The van der Waals surface area contributed by atoms with Gasteiger partial charge in [-0.2, -0.15) is 0 Å². The van der Waals surface area contributed by atoms with Crippen LogP contribution in [0.25, 0.3) is 0 Å². The molecule has 0 amide bonds. The number of aldehydes is 1. The second-order valence-electron chi connectivity index (χ2n) is 5.57. The molecule has 6 atom stereocenters. The predicted octanol–water partition coefficient (Wildman–Crippen LogP) is 2.47. The third-order valence-corrected chi connectivity index (χ3v) is 6.84. The van der Waals surface area contributed by atoms with Crippen LogP contribution < -0.4 is 0 Å². The Bertz CT molecular complexity index is 369. The lowest BCUT2D eigenvalue weighted by molar-refractivity contribution is -0.156. The van der Waals surface area contributed by atoms with Gasteiger partial charge >= 0.3 is 5.97 Å². The van der Waals surface area contributed by atoms with E-state index in [9.17, 15) is 13.8 Å². The van der Waals surface area contributed by atoms with Crippen LogP contribution in [0.15, 0.2) is 0 Å². The lowest BCUT2D eigenvalue weighted by Gasteiger charge is -2.43. The second-order valence-corrected chi connectivity index (χ2v) is 7.58. The van der Waals surface area contributed by atoms with Crippen LogP contribution in [0.2, 0.25) is 0 Å². The average molecular weight is 302 g/mol. The fraction of sp³-hybridized carbons (Fsp3) is 0.867. The van der Waals surface area contributed by atoms with Crippen molar-refractivity contribution in [2.75, 3.05) is 0 Å². The van der Waals surface area contributed by atoms with E-state index < -0.39 is 10.8 Å². The summed E-state index contributed by atoms with van der Waals surface area (Å²) in [6.45, 7) is 8.09. The summed E-state index contributed by atoms with van der Waals surface area (Å²) in [5.41, 5.74) is 0. The zero-order valence-corrected chi connectivity index (χ0v) is 13.7. The molecule has 5 heteroatoms. The summed E-state index contributed by atoms with van der Waals surface area (Å²) in [5.74, 6) is -0.0851. The lowest BCUT2D eigenvalue weighted by atomic mass is 9.84. The van der Waals surface area contributed by atoms with Crippen LogP contribution in [0.1, 0.15) is 53.4 Å². The number of esters is 1. The first-order chi connectivity index (χ1) is 9.47. The Morgan fingerprint density at radius 3 is 2.40 bits per heavy atom. The van der Waals surface area contributed by atoms with Gasteiger partial charge in [-0.15, -0.1) is 0 Å². The van der Waals surface area contributed by atoms with Gasteiger partial charge in [-0.25, -0.2) is 0 Å². The first-order valence-corrected chi connectivity index (χ1v) is 8.77. The molecule has 0 radical (unpaired) electrons. The summed E-state index contributed by atoms with van der Waals surface area (Å²) in [6.07, 6.45) is 2.56. The summed E-state index contributed by atoms with van der Waals surface area (Å²) >= 11 is 0. The third-order valence-electron chi connectivity index (χ3n) is 4.40. The molecule has 6 unspecified atom stereocenters. The summed E-state index contributed by atoms with van der Waals surface area (Å²) in [5, 5.41) is 0.127. The monoisotopic (exact) mass is 302 g/mol. The fourth-order valence-electron chi connectivity index (χ4n) is 3.21. The molecule has 1 aliphatic rings. The molecule has 116 valence electrons. The van der Waals surface area contributed by atoms with E-state index in [1.165, 1.54) is 0 Å². The summed E-state index contributed by atoms with van der Waals surface area (Å²) in [4.78, 5) is 22.1. The maximum absolute atomic E-state index is 12.5. The van der Waals surface area contributed by atoms with E-state index in [1.807, 2.05) is 27.7 Å². The Morgan fingerprint density at radius 1 is 1.25 bits per heavy atom. The Labute approximate surface area is 124 Å². The molecule has 1 heterocycles. The molecule has 0 bridgehead atoms. The van der Waals surface area contributed by atoms with Crippen LogP contribution in [-0.2, 0) is 25.1 Å². The Morgan fingerprint density at radius 2 is 1.90 bits per heavy atom. The third kappa shape index (κ3) is 3.68. The SMILES string of the molecule is CCC1C(OC(=O)CCC=O)C(C)C(CC)S(=O)C1C. The van der Waals surface area contributed by atoms with Crippen molar-refractivity contribution < 1.29 is 18.5 Å². The van der Waals surface area contributed by atoms with Crippen LogP contribution in [0.3, 0.4) is 0 Å². The van der Waals surface area contributed by atoms with Crippen molar-refractivity contribution in [1.82, 2.24) is 0 Å².